The van der Waals surface area contributed by atoms with Crippen LogP contribution in [0, 0.1) is 10.1 Å². The molecule has 5 heteroatoms. The SMILES string of the molecule is CC(N)(Cc1ccc([N+](=O)[O-])cc1)N1CCCCCC1. The molecule has 0 saturated carbocycles. The summed E-state index contributed by atoms with van der Waals surface area (Å²) >= 11 is 0. The van der Waals surface area contributed by atoms with E-state index in [1.54, 1.807) is 24.3 Å². The Bertz CT molecular complexity index is 449. The van der Waals surface area contributed by atoms with Crippen molar-refractivity contribution in [3.05, 3.63) is 39.9 Å². The second-order valence-corrected chi connectivity index (χ2v) is 5.86. The average molecular weight is 277 g/mol. The van der Waals surface area contributed by atoms with Crippen LogP contribution in [-0.2, 0) is 6.42 Å². The molecule has 0 aliphatic carbocycles. The summed E-state index contributed by atoms with van der Waals surface area (Å²) in [6.45, 7) is 4.14. The number of hydrogen-bond acceptors (Lipinski definition) is 4. The van der Waals surface area contributed by atoms with Crippen LogP contribution < -0.4 is 5.73 Å². The van der Waals surface area contributed by atoms with Gasteiger partial charge in [-0.25, -0.2) is 0 Å². The maximum absolute atomic E-state index is 10.7. The molecule has 0 aromatic heterocycles. The molecule has 1 heterocycles. The number of nitro benzene ring substituents is 1. The number of nitrogens with two attached hydrogens (primary N) is 1. The van der Waals surface area contributed by atoms with E-state index in [-0.39, 0.29) is 16.3 Å². The largest absolute Gasteiger partial charge is 0.313 e. The third-order valence-electron chi connectivity index (χ3n) is 4.04. The Hall–Kier alpha value is -1.46. The van der Waals surface area contributed by atoms with Gasteiger partial charge in [-0.05, 0) is 38.4 Å². The van der Waals surface area contributed by atoms with Gasteiger partial charge in [-0.1, -0.05) is 25.0 Å². The summed E-state index contributed by atoms with van der Waals surface area (Å²) in [4.78, 5) is 12.6. The van der Waals surface area contributed by atoms with Crippen LogP contribution in [0.5, 0.6) is 0 Å². The second kappa shape index (κ2) is 6.33. The molecule has 110 valence electrons. The first-order chi connectivity index (χ1) is 9.49. The van der Waals surface area contributed by atoms with E-state index in [4.69, 9.17) is 5.73 Å². The van der Waals surface area contributed by atoms with Gasteiger partial charge in [-0.15, -0.1) is 0 Å². The molecular weight excluding hydrogens is 254 g/mol. The summed E-state index contributed by atoms with van der Waals surface area (Å²) in [5, 5.41) is 10.7. The Morgan fingerprint density at radius 2 is 1.75 bits per heavy atom. The number of likely N-dealkylation sites (tertiary alicyclic amines) is 1. The van der Waals surface area contributed by atoms with Crippen molar-refractivity contribution in [3.63, 3.8) is 0 Å². The first-order valence-electron chi connectivity index (χ1n) is 7.26. The van der Waals surface area contributed by atoms with Crippen LogP contribution in [-0.4, -0.2) is 28.6 Å². The molecule has 0 amide bonds. The molecule has 1 aliphatic rings. The predicted molar refractivity (Wildman–Crippen MR) is 79.4 cm³/mol. The van der Waals surface area contributed by atoms with E-state index in [1.165, 1.54) is 25.7 Å². The van der Waals surface area contributed by atoms with Crippen molar-refractivity contribution in [3.8, 4) is 0 Å². The monoisotopic (exact) mass is 277 g/mol. The molecule has 1 fully saturated rings. The van der Waals surface area contributed by atoms with E-state index in [0.717, 1.165) is 18.7 Å². The van der Waals surface area contributed by atoms with Gasteiger partial charge in [0.25, 0.3) is 5.69 Å². The van der Waals surface area contributed by atoms with E-state index in [2.05, 4.69) is 11.8 Å². The standard InChI is InChI=1S/C15H23N3O2/c1-15(16,17-10-4-2-3-5-11-17)12-13-6-8-14(9-7-13)18(19)20/h6-9H,2-5,10-12,16H2,1H3. The quantitative estimate of drug-likeness (QED) is 0.678. The van der Waals surface area contributed by atoms with Crippen molar-refractivity contribution in [1.82, 2.24) is 4.90 Å². The van der Waals surface area contributed by atoms with Crippen molar-refractivity contribution < 1.29 is 4.92 Å². The zero-order chi connectivity index (χ0) is 14.6. The van der Waals surface area contributed by atoms with Gasteiger partial charge in [0.2, 0.25) is 0 Å². The minimum atomic E-state index is -0.388. The van der Waals surface area contributed by atoms with Crippen molar-refractivity contribution in [2.45, 2.75) is 44.7 Å². The maximum Gasteiger partial charge on any atom is 0.269 e. The topological polar surface area (TPSA) is 72.4 Å². The fourth-order valence-corrected chi connectivity index (χ4v) is 2.84. The van der Waals surface area contributed by atoms with Crippen LogP contribution in [0.4, 0.5) is 5.69 Å². The van der Waals surface area contributed by atoms with Crippen LogP contribution >= 0.6 is 0 Å². The molecule has 0 spiro atoms. The molecule has 0 radical (unpaired) electrons. The number of non-ortho nitro benzene ring substituents is 1. The molecule has 5 nitrogen and oxygen atoms in total. The van der Waals surface area contributed by atoms with Crippen molar-refractivity contribution in [2.75, 3.05) is 13.1 Å². The molecule has 2 N–H and O–H groups in total. The van der Waals surface area contributed by atoms with Crippen LogP contribution in [0.2, 0.25) is 0 Å². The number of nitro groups is 1. The Morgan fingerprint density at radius 1 is 1.20 bits per heavy atom. The summed E-state index contributed by atoms with van der Waals surface area (Å²) < 4.78 is 0. The molecule has 1 atom stereocenters. The molecule has 1 saturated heterocycles. The van der Waals surface area contributed by atoms with E-state index in [1.807, 2.05) is 0 Å². The van der Waals surface area contributed by atoms with E-state index in [0.29, 0.717) is 6.42 Å². The fraction of sp³-hybridized carbons (Fsp3) is 0.600. The second-order valence-electron chi connectivity index (χ2n) is 5.86. The van der Waals surface area contributed by atoms with Crippen LogP contribution in [0.15, 0.2) is 24.3 Å². The highest BCUT2D eigenvalue weighted by molar-refractivity contribution is 5.33. The highest BCUT2D eigenvalue weighted by Crippen LogP contribution is 2.21. The van der Waals surface area contributed by atoms with Gasteiger partial charge >= 0.3 is 0 Å². The van der Waals surface area contributed by atoms with Crippen molar-refractivity contribution >= 4 is 5.69 Å². The summed E-state index contributed by atoms with van der Waals surface area (Å²) in [5.41, 5.74) is 7.27. The lowest BCUT2D eigenvalue weighted by Crippen LogP contribution is -2.55. The van der Waals surface area contributed by atoms with E-state index >= 15 is 0 Å². The third kappa shape index (κ3) is 3.77. The Morgan fingerprint density at radius 3 is 2.25 bits per heavy atom. The molecule has 1 unspecified atom stereocenters. The van der Waals surface area contributed by atoms with Crippen LogP contribution in [0.25, 0.3) is 0 Å². The lowest BCUT2D eigenvalue weighted by atomic mass is 9.99. The molecule has 1 aliphatic heterocycles. The van der Waals surface area contributed by atoms with Gasteiger partial charge < -0.3 is 5.73 Å². The maximum atomic E-state index is 10.7. The Balaban J connectivity index is 2.04. The lowest BCUT2D eigenvalue weighted by molar-refractivity contribution is -0.384. The van der Waals surface area contributed by atoms with Crippen LogP contribution in [0.3, 0.4) is 0 Å². The number of rotatable bonds is 4. The van der Waals surface area contributed by atoms with Crippen molar-refractivity contribution in [2.24, 2.45) is 5.73 Å². The highest BCUT2D eigenvalue weighted by atomic mass is 16.6. The zero-order valence-electron chi connectivity index (χ0n) is 12.0. The molecule has 20 heavy (non-hydrogen) atoms. The van der Waals surface area contributed by atoms with Gasteiger partial charge in [-0.3, -0.25) is 15.0 Å². The predicted octanol–water partition coefficient (Wildman–Crippen LogP) is 2.69. The molecular formula is C15H23N3O2. The minimum Gasteiger partial charge on any atom is -0.313 e. The smallest absolute Gasteiger partial charge is 0.269 e. The average Bonchev–Trinajstić information content (AvgIpc) is 2.68. The number of benzene rings is 1. The van der Waals surface area contributed by atoms with Gasteiger partial charge in [0, 0.05) is 18.6 Å². The Labute approximate surface area is 119 Å². The van der Waals surface area contributed by atoms with Gasteiger partial charge in [0.1, 0.15) is 0 Å². The molecule has 0 bridgehead atoms. The first-order valence-corrected chi connectivity index (χ1v) is 7.26. The normalized spacial score (nSPS) is 20.1. The fourth-order valence-electron chi connectivity index (χ4n) is 2.84. The Kier molecular flexibility index (Phi) is 4.73. The van der Waals surface area contributed by atoms with E-state index in [9.17, 15) is 10.1 Å². The van der Waals surface area contributed by atoms with Gasteiger partial charge in [0.15, 0.2) is 0 Å². The highest BCUT2D eigenvalue weighted by Gasteiger charge is 2.28. The van der Waals surface area contributed by atoms with E-state index < -0.39 is 0 Å². The first kappa shape index (κ1) is 14.9. The summed E-state index contributed by atoms with van der Waals surface area (Å²) in [6.07, 6.45) is 5.68. The van der Waals surface area contributed by atoms with Gasteiger partial charge in [0.05, 0.1) is 10.6 Å². The third-order valence-corrected chi connectivity index (χ3v) is 4.04. The minimum absolute atomic E-state index is 0.127. The van der Waals surface area contributed by atoms with Crippen molar-refractivity contribution in [1.29, 1.82) is 0 Å². The van der Waals surface area contributed by atoms with Gasteiger partial charge in [-0.2, -0.15) is 0 Å². The molecule has 1 aromatic carbocycles. The molecule has 2 rings (SSSR count). The van der Waals surface area contributed by atoms with Crippen LogP contribution in [0.1, 0.15) is 38.2 Å². The lowest BCUT2D eigenvalue weighted by Gasteiger charge is -2.38. The summed E-state index contributed by atoms with van der Waals surface area (Å²) in [7, 11) is 0. The number of hydrogen-bond donors (Lipinski definition) is 1. The summed E-state index contributed by atoms with van der Waals surface area (Å²) in [6, 6.07) is 6.71. The number of nitrogens with zero attached hydrogens (tertiary/aromatic N) is 2. The zero-order valence-corrected chi connectivity index (χ0v) is 12.0. The summed E-state index contributed by atoms with van der Waals surface area (Å²) in [5.74, 6) is 0. The molecule has 1 aromatic rings.